The van der Waals surface area contributed by atoms with E-state index in [9.17, 15) is 9.18 Å². The van der Waals surface area contributed by atoms with Crippen molar-refractivity contribution in [2.45, 2.75) is 26.3 Å². The maximum atomic E-state index is 14.2. The monoisotopic (exact) mass is 303 g/mol. The molecule has 0 unspecified atom stereocenters. The normalized spacial score (nSPS) is 14.5. The average Bonchev–Trinajstić information content (AvgIpc) is 3.09. The Morgan fingerprint density at radius 2 is 2.18 bits per heavy atom. The Hall–Kier alpha value is -2.17. The summed E-state index contributed by atoms with van der Waals surface area (Å²) in [5.41, 5.74) is 1.40. The lowest BCUT2D eigenvalue weighted by molar-refractivity contribution is -0.500. The standard InChI is InChI=1S/C17H20FN2O2/c1-2-22-16(21)12-20-11-13(10-19-8-3-4-9-19)14-6-5-7-15(18)17(14)20/h5-7,10-11H,2-4,8-9,12H2,1H3/q+1. The van der Waals surface area contributed by atoms with Crippen LogP contribution in [-0.2, 0) is 16.1 Å². The zero-order valence-corrected chi connectivity index (χ0v) is 12.7. The van der Waals surface area contributed by atoms with Crippen LogP contribution in [0.1, 0.15) is 25.3 Å². The molecule has 1 fully saturated rings. The summed E-state index contributed by atoms with van der Waals surface area (Å²) in [5.74, 6) is -0.668. The van der Waals surface area contributed by atoms with E-state index in [1.165, 1.54) is 18.9 Å². The van der Waals surface area contributed by atoms with E-state index in [1.54, 1.807) is 17.6 Å². The fourth-order valence-electron chi connectivity index (χ4n) is 2.98. The SMILES string of the molecule is CCOC(=O)Cn1cc(C=[N+]2CCCC2)c2cccc(F)c21. The third-order valence-corrected chi connectivity index (χ3v) is 3.95. The highest BCUT2D eigenvalue weighted by Gasteiger charge is 2.18. The molecule has 1 aliphatic rings. The molecule has 116 valence electrons. The van der Waals surface area contributed by atoms with Crippen molar-refractivity contribution in [3.05, 3.63) is 35.8 Å². The van der Waals surface area contributed by atoms with Crippen molar-refractivity contribution >= 4 is 23.1 Å². The van der Waals surface area contributed by atoms with E-state index in [1.807, 2.05) is 12.3 Å². The van der Waals surface area contributed by atoms with Crippen molar-refractivity contribution in [3.8, 4) is 0 Å². The van der Waals surface area contributed by atoms with E-state index in [2.05, 4.69) is 10.8 Å². The first-order chi connectivity index (χ1) is 10.7. The van der Waals surface area contributed by atoms with Gasteiger partial charge in [-0.15, -0.1) is 0 Å². The summed E-state index contributed by atoms with van der Waals surface area (Å²) in [4.78, 5) is 11.7. The molecule has 0 bridgehead atoms. The Balaban J connectivity index is 2.04. The average molecular weight is 303 g/mol. The second kappa shape index (κ2) is 6.30. The predicted molar refractivity (Wildman–Crippen MR) is 82.9 cm³/mol. The third-order valence-electron chi connectivity index (χ3n) is 3.95. The maximum absolute atomic E-state index is 14.2. The fraction of sp³-hybridized carbons (Fsp3) is 0.412. The second-order valence-electron chi connectivity index (χ2n) is 5.53. The minimum atomic E-state index is -0.352. The van der Waals surface area contributed by atoms with Gasteiger partial charge in [0.05, 0.1) is 17.7 Å². The van der Waals surface area contributed by atoms with Gasteiger partial charge in [-0.2, -0.15) is 0 Å². The van der Waals surface area contributed by atoms with E-state index >= 15 is 0 Å². The number of fused-ring (bicyclic) bond motifs is 1. The van der Waals surface area contributed by atoms with E-state index < -0.39 is 0 Å². The molecule has 0 spiro atoms. The third kappa shape index (κ3) is 2.89. The first-order valence-corrected chi connectivity index (χ1v) is 7.71. The molecule has 1 aliphatic heterocycles. The summed E-state index contributed by atoms with van der Waals surface area (Å²) >= 11 is 0. The molecule has 1 aromatic carbocycles. The maximum Gasteiger partial charge on any atom is 0.325 e. The Bertz CT molecular complexity index is 726. The Morgan fingerprint density at radius 3 is 2.91 bits per heavy atom. The van der Waals surface area contributed by atoms with Crippen molar-refractivity contribution < 1.29 is 18.5 Å². The number of benzene rings is 1. The van der Waals surface area contributed by atoms with Crippen LogP contribution in [0.15, 0.2) is 24.4 Å². The molecule has 22 heavy (non-hydrogen) atoms. The Labute approximate surface area is 128 Å². The highest BCUT2D eigenvalue weighted by Crippen LogP contribution is 2.23. The number of nitrogens with zero attached hydrogens (tertiary/aromatic N) is 2. The molecule has 0 aliphatic carbocycles. The molecule has 4 nitrogen and oxygen atoms in total. The van der Waals surface area contributed by atoms with Gasteiger partial charge in [0.2, 0.25) is 0 Å². The summed E-state index contributed by atoms with van der Waals surface area (Å²) in [6.07, 6.45) is 6.28. The summed E-state index contributed by atoms with van der Waals surface area (Å²) in [6.45, 7) is 4.17. The fourth-order valence-corrected chi connectivity index (χ4v) is 2.98. The van der Waals surface area contributed by atoms with E-state index in [0.29, 0.717) is 12.1 Å². The Morgan fingerprint density at radius 1 is 1.41 bits per heavy atom. The Kier molecular flexibility index (Phi) is 4.22. The number of hydrogen-bond acceptors (Lipinski definition) is 2. The smallest absolute Gasteiger partial charge is 0.325 e. The molecule has 2 aromatic rings. The van der Waals surface area contributed by atoms with Gasteiger partial charge in [0.15, 0.2) is 6.21 Å². The molecule has 2 heterocycles. The zero-order chi connectivity index (χ0) is 15.5. The van der Waals surface area contributed by atoms with Gasteiger partial charge in [-0.1, -0.05) is 12.1 Å². The summed E-state index contributed by atoms with van der Waals surface area (Å²) in [5, 5.41) is 0.830. The van der Waals surface area contributed by atoms with Crippen LogP contribution in [0.25, 0.3) is 10.9 Å². The van der Waals surface area contributed by atoms with Crippen LogP contribution in [0.4, 0.5) is 4.39 Å². The van der Waals surface area contributed by atoms with E-state index in [4.69, 9.17) is 4.74 Å². The van der Waals surface area contributed by atoms with Crippen molar-refractivity contribution in [2.75, 3.05) is 19.7 Å². The van der Waals surface area contributed by atoms with Crippen LogP contribution in [0.3, 0.4) is 0 Å². The van der Waals surface area contributed by atoms with Gasteiger partial charge in [-0.3, -0.25) is 4.79 Å². The van der Waals surface area contributed by atoms with E-state index in [0.717, 1.165) is 24.0 Å². The van der Waals surface area contributed by atoms with Gasteiger partial charge in [0.1, 0.15) is 25.5 Å². The zero-order valence-electron chi connectivity index (χ0n) is 12.7. The van der Waals surface area contributed by atoms with Gasteiger partial charge in [0.25, 0.3) is 0 Å². The number of esters is 1. The van der Waals surface area contributed by atoms with Crippen LogP contribution in [0.5, 0.6) is 0 Å². The number of rotatable bonds is 4. The largest absolute Gasteiger partial charge is 0.465 e. The summed E-state index contributed by atoms with van der Waals surface area (Å²) in [7, 11) is 0. The number of para-hydroxylation sites is 1. The molecule has 0 amide bonds. The number of carbonyl (C=O) groups is 1. The minimum Gasteiger partial charge on any atom is -0.465 e. The predicted octanol–water partition coefficient (Wildman–Crippen LogP) is 2.57. The molecule has 1 aromatic heterocycles. The van der Waals surface area contributed by atoms with Crippen molar-refractivity contribution in [2.24, 2.45) is 0 Å². The van der Waals surface area contributed by atoms with Crippen molar-refractivity contribution in [3.63, 3.8) is 0 Å². The lowest BCUT2D eigenvalue weighted by atomic mass is 10.2. The van der Waals surface area contributed by atoms with E-state index in [-0.39, 0.29) is 18.3 Å². The number of carbonyl (C=O) groups excluding carboxylic acids is 1. The van der Waals surface area contributed by atoms with Crippen LogP contribution >= 0.6 is 0 Å². The number of ether oxygens (including phenoxy) is 1. The number of aromatic nitrogens is 1. The number of hydrogen-bond donors (Lipinski definition) is 0. The molecule has 0 radical (unpaired) electrons. The molecule has 3 rings (SSSR count). The van der Waals surface area contributed by atoms with Crippen LogP contribution in [-0.4, -0.2) is 41.0 Å². The minimum absolute atomic E-state index is 0.0269. The second-order valence-corrected chi connectivity index (χ2v) is 5.53. The first-order valence-electron chi connectivity index (χ1n) is 7.71. The van der Waals surface area contributed by atoms with Gasteiger partial charge in [-0.25, -0.2) is 8.97 Å². The quantitative estimate of drug-likeness (QED) is 0.642. The first kappa shape index (κ1) is 14.8. The van der Waals surface area contributed by atoms with Crippen molar-refractivity contribution in [1.29, 1.82) is 0 Å². The lowest BCUT2D eigenvalue weighted by Gasteiger charge is -2.05. The summed E-state index contributed by atoms with van der Waals surface area (Å²) < 4.78 is 23.1. The van der Waals surface area contributed by atoms with Crippen LogP contribution in [0.2, 0.25) is 0 Å². The van der Waals surface area contributed by atoms with Crippen molar-refractivity contribution in [1.82, 2.24) is 4.57 Å². The van der Waals surface area contributed by atoms with Crippen LogP contribution < -0.4 is 0 Å². The van der Waals surface area contributed by atoms with Gasteiger partial charge in [-0.05, 0) is 13.0 Å². The highest BCUT2D eigenvalue weighted by molar-refractivity contribution is 5.98. The van der Waals surface area contributed by atoms with Gasteiger partial charge >= 0.3 is 5.97 Å². The van der Waals surface area contributed by atoms with Gasteiger partial charge in [0, 0.05) is 24.4 Å². The summed E-state index contributed by atoms with van der Waals surface area (Å²) in [6, 6.07) is 5.01. The highest BCUT2D eigenvalue weighted by atomic mass is 19.1. The topological polar surface area (TPSA) is 34.2 Å². The lowest BCUT2D eigenvalue weighted by Crippen LogP contribution is -2.13. The molecule has 1 saturated heterocycles. The molecule has 5 heteroatoms. The molecule has 0 N–H and O–H groups in total. The molecule has 0 saturated carbocycles. The molecular formula is C17H20FN2O2+. The molecule has 0 atom stereocenters. The molecular weight excluding hydrogens is 283 g/mol. The number of halogens is 1. The van der Waals surface area contributed by atoms with Gasteiger partial charge < -0.3 is 9.30 Å². The van der Waals surface area contributed by atoms with Crippen LogP contribution in [0, 0.1) is 5.82 Å².